The molecule has 20 heavy (non-hydrogen) atoms. The number of carbonyl (C=O) groups excluding carboxylic acids is 2. The second-order valence-corrected chi connectivity index (χ2v) is 4.83. The average molecular weight is 273 g/mol. The first-order chi connectivity index (χ1) is 9.65. The fourth-order valence-electron chi connectivity index (χ4n) is 2.40. The average Bonchev–Trinajstić information content (AvgIpc) is 2.94. The highest BCUT2D eigenvalue weighted by molar-refractivity contribution is 5.97. The number of oxazole rings is 1. The van der Waals surface area contributed by atoms with Crippen molar-refractivity contribution in [2.45, 2.75) is 6.92 Å². The van der Waals surface area contributed by atoms with Crippen molar-refractivity contribution in [3.8, 4) is 0 Å². The van der Waals surface area contributed by atoms with E-state index < -0.39 is 0 Å². The van der Waals surface area contributed by atoms with Crippen LogP contribution in [0.5, 0.6) is 0 Å². The van der Waals surface area contributed by atoms with Crippen LogP contribution in [0.4, 0.5) is 0 Å². The van der Waals surface area contributed by atoms with Gasteiger partial charge in [-0.05, 0) is 18.2 Å². The Balaban J connectivity index is 1.74. The number of hydrogen-bond acceptors (Lipinski definition) is 4. The summed E-state index contributed by atoms with van der Waals surface area (Å²) in [5, 5.41) is 0. The molecular weight excluding hydrogens is 258 g/mol. The number of carbonyl (C=O) groups is 2. The Hall–Kier alpha value is -2.37. The van der Waals surface area contributed by atoms with Gasteiger partial charge in [0.2, 0.25) is 5.91 Å². The highest BCUT2D eigenvalue weighted by atomic mass is 16.3. The number of fused-ring (bicyclic) bond motifs is 1. The normalized spacial score (nSPS) is 15.7. The number of rotatable bonds is 1. The molecule has 6 nitrogen and oxygen atoms in total. The Morgan fingerprint density at radius 2 is 1.85 bits per heavy atom. The molecule has 0 bridgehead atoms. The van der Waals surface area contributed by atoms with Gasteiger partial charge in [0, 0.05) is 38.7 Å². The van der Waals surface area contributed by atoms with Gasteiger partial charge >= 0.3 is 0 Å². The summed E-state index contributed by atoms with van der Waals surface area (Å²) in [5.74, 6) is 0.0201. The molecule has 1 saturated heterocycles. The number of piperazine rings is 1. The zero-order valence-electron chi connectivity index (χ0n) is 11.2. The highest BCUT2D eigenvalue weighted by Gasteiger charge is 2.23. The molecule has 3 rings (SSSR count). The molecule has 0 atom stereocenters. The number of amides is 2. The van der Waals surface area contributed by atoms with E-state index in [9.17, 15) is 9.59 Å². The first-order valence-electron chi connectivity index (χ1n) is 6.53. The highest BCUT2D eigenvalue weighted by Crippen LogP contribution is 2.16. The van der Waals surface area contributed by atoms with Gasteiger partial charge in [-0.2, -0.15) is 0 Å². The van der Waals surface area contributed by atoms with E-state index in [1.807, 2.05) is 0 Å². The number of nitrogens with zero attached hydrogens (tertiary/aromatic N) is 3. The van der Waals surface area contributed by atoms with Crippen molar-refractivity contribution >= 4 is 22.9 Å². The second-order valence-electron chi connectivity index (χ2n) is 4.83. The molecule has 104 valence electrons. The molecule has 1 aliphatic rings. The molecule has 1 aliphatic heterocycles. The third-order valence-electron chi connectivity index (χ3n) is 3.59. The molecule has 6 heteroatoms. The summed E-state index contributed by atoms with van der Waals surface area (Å²) in [6.07, 6.45) is 1.37. The van der Waals surface area contributed by atoms with E-state index in [1.165, 1.54) is 6.39 Å². The van der Waals surface area contributed by atoms with Crippen LogP contribution >= 0.6 is 0 Å². The van der Waals surface area contributed by atoms with Crippen LogP contribution in [0, 0.1) is 0 Å². The minimum absolute atomic E-state index is 0.0356. The summed E-state index contributed by atoms with van der Waals surface area (Å²) in [5.41, 5.74) is 1.94. The molecular formula is C14H15N3O3. The lowest BCUT2D eigenvalue weighted by Gasteiger charge is -2.34. The Labute approximate surface area is 116 Å². The SMILES string of the molecule is CC(=O)N1CCN(C(=O)c2ccc3ncoc3c2)CC1. The van der Waals surface area contributed by atoms with Gasteiger partial charge in [0.15, 0.2) is 12.0 Å². The fraction of sp³-hybridized carbons (Fsp3) is 0.357. The molecule has 2 heterocycles. The van der Waals surface area contributed by atoms with Crippen LogP contribution in [-0.4, -0.2) is 52.8 Å². The zero-order chi connectivity index (χ0) is 14.1. The van der Waals surface area contributed by atoms with Crippen molar-refractivity contribution < 1.29 is 14.0 Å². The second kappa shape index (κ2) is 4.96. The maximum Gasteiger partial charge on any atom is 0.254 e. The summed E-state index contributed by atoms with van der Waals surface area (Å²) in [7, 11) is 0. The predicted molar refractivity (Wildman–Crippen MR) is 72.2 cm³/mol. The lowest BCUT2D eigenvalue weighted by atomic mass is 10.1. The van der Waals surface area contributed by atoms with Gasteiger partial charge in [-0.25, -0.2) is 4.98 Å². The summed E-state index contributed by atoms with van der Waals surface area (Å²) < 4.78 is 5.21. The molecule has 0 aliphatic carbocycles. The van der Waals surface area contributed by atoms with Crippen LogP contribution in [0.2, 0.25) is 0 Å². The van der Waals surface area contributed by atoms with Crippen LogP contribution < -0.4 is 0 Å². The van der Waals surface area contributed by atoms with Crippen molar-refractivity contribution in [1.82, 2.24) is 14.8 Å². The Morgan fingerprint density at radius 3 is 2.55 bits per heavy atom. The van der Waals surface area contributed by atoms with E-state index in [4.69, 9.17) is 4.42 Å². The molecule has 0 N–H and O–H groups in total. The quantitative estimate of drug-likeness (QED) is 0.781. The molecule has 1 aromatic carbocycles. The maximum absolute atomic E-state index is 12.4. The van der Waals surface area contributed by atoms with E-state index in [-0.39, 0.29) is 11.8 Å². The lowest BCUT2D eigenvalue weighted by Crippen LogP contribution is -2.50. The van der Waals surface area contributed by atoms with Crippen LogP contribution in [0.1, 0.15) is 17.3 Å². The van der Waals surface area contributed by atoms with Gasteiger partial charge in [0.05, 0.1) is 0 Å². The van der Waals surface area contributed by atoms with Crippen LogP contribution in [0.25, 0.3) is 11.1 Å². The van der Waals surface area contributed by atoms with Crippen molar-refractivity contribution in [1.29, 1.82) is 0 Å². The number of hydrogen-bond donors (Lipinski definition) is 0. The van der Waals surface area contributed by atoms with Gasteiger partial charge in [-0.15, -0.1) is 0 Å². The van der Waals surface area contributed by atoms with Gasteiger partial charge in [-0.1, -0.05) is 0 Å². The fourth-order valence-corrected chi connectivity index (χ4v) is 2.40. The molecule has 1 fully saturated rings. The summed E-state index contributed by atoms with van der Waals surface area (Å²) >= 11 is 0. The minimum Gasteiger partial charge on any atom is -0.443 e. The van der Waals surface area contributed by atoms with Crippen molar-refractivity contribution in [2.75, 3.05) is 26.2 Å². The summed E-state index contributed by atoms with van der Waals surface area (Å²) in [6, 6.07) is 5.24. The monoisotopic (exact) mass is 273 g/mol. The lowest BCUT2D eigenvalue weighted by molar-refractivity contribution is -0.130. The molecule has 0 radical (unpaired) electrons. The van der Waals surface area contributed by atoms with Crippen molar-refractivity contribution in [3.05, 3.63) is 30.2 Å². The molecule has 0 saturated carbocycles. The molecule has 2 aromatic rings. The first kappa shape index (κ1) is 12.7. The van der Waals surface area contributed by atoms with E-state index in [1.54, 1.807) is 34.9 Å². The van der Waals surface area contributed by atoms with Crippen LogP contribution in [0.3, 0.4) is 0 Å². The van der Waals surface area contributed by atoms with Crippen molar-refractivity contribution in [2.24, 2.45) is 0 Å². The molecule has 2 amide bonds. The standard InChI is InChI=1S/C14H15N3O3/c1-10(18)16-4-6-17(7-5-16)14(19)11-2-3-12-13(8-11)20-9-15-12/h2-3,8-9H,4-7H2,1H3. The maximum atomic E-state index is 12.4. The van der Waals surface area contributed by atoms with E-state index >= 15 is 0 Å². The Bertz CT molecular complexity index is 656. The topological polar surface area (TPSA) is 66.7 Å². The van der Waals surface area contributed by atoms with Crippen LogP contribution in [0.15, 0.2) is 29.0 Å². The van der Waals surface area contributed by atoms with E-state index in [2.05, 4.69) is 4.98 Å². The first-order valence-corrected chi connectivity index (χ1v) is 6.53. The molecule has 0 spiro atoms. The third kappa shape index (κ3) is 2.24. The summed E-state index contributed by atoms with van der Waals surface area (Å²) in [6.45, 7) is 3.85. The Morgan fingerprint density at radius 1 is 1.15 bits per heavy atom. The van der Waals surface area contributed by atoms with E-state index in [0.717, 1.165) is 5.52 Å². The molecule has 0 unspecified atom stereocenters. The van der Waals surface area contributed by atoms with Gasteiger partial charge in [-0.3, -0.25) is 9.59 Å². The largest absolute Gasteiger partial charge is 0.443 e. The minimum atomic E-state index is -0.0356. The van der Waals surface area contributed by atoms with E-state index in [0.29, 0.717) is 37.3 Å². The Kier molecular flexibility index (Phi) is 3.14. The number of benzene rings is 1. The van der Waals surface area contributed by atoms with Gasteiger partial charge in [0.1, 0.15) is 5.52 Å². The third-order valence-corrected chi connectivity index (χ3v) is 3.59. The predicted octanol–water partition coefficient (Wildman–Crippen LogP) is 1.13. The number of aromatic nitrogens is 1. The summed E-state index contributed by atoms with van der Waals surface area (Å²) in [4.78, 5) is 31.2. The van der Waals surface area contributed by atoms with Gasteiger partial charge < -0.3 is 14.2 Å². The van der Waals surface area contributed by atoms with Crippen molar-refractivity contribution in [3.63, 3.8) is 0 Å². The van der Waals surface area contributed by atoms with Crippen LogP contribution in [-0.2, 0) is 4.79 Å². The van der Waals surface area contributed by atoms with Gasteiger partial charge in [0.25, 0.3) is 5.91 Å². The zero-order valence-corrected chi connectivity index (χ0v) is 11.2. The molecule has 1 aromatic heterocycles. The smallest absolute Gasteiger partial charge is 0.254 e.